The Morgan fingerprint density at radius 1 is 1.21 bits per heavy atom. The molecule has 0 aliphatic carbocycles. The maximum Gasteiger partial charge on any atom is 0.219 e. The monoisotopic (exact) mass is 467 g/mol. The van der Waals surface area contributed by atoms with Gasteiger partial charge in [0, 0.05) is 55.6 Å². The summed E-state index contributed by atoms with van der Waals surface area (Å²) in [6.45, 7) is 8.67. The summed E-state index contributed by atoms with van der Waals surface area (Å²) in [6.07, 6.45) is 7.17. The van der Waals surface area contributed by atoms with E-state index in [2.05, 4.69) is 27.2 Å². The number of aromatic nitrogens is 3. The summed E-state index contributed by atoms with van der Waals surface area (Å²) in [4.78, 5) is 26.9. The average molecular weight is 468 g/mol. The standard InChI is InChI=1S/C25H30ClN5O2/c1-15(18-6-5-9-31(14-18)16(2)32)30-23-20-10-17(7-8-22(20)27-13-21(23)26)19-11-28-24(29-12-19)25(3,4)33/h7-8,10-13,15,18,33H,5-6,9,14H2,1-4H3,(H,27,30)/t15-,18?/m1/s1. The maximum atomic E-state index is 11.9. The topological polar surface area (TPSA) is 91.2 Å². The summed E-state index contributed by atoms with van der Waals surface area (Å²) in [5.41, 5.74) is 2.35. The average Bonchev–Trinajstić information content (AvgIpc) is 2.80. The normalized spacial score (nSPS) is 17.8. The van der Waals surface area contributed by atoms with Gasteiger partial charge in [-0.3, -0.25) is 9.78 Å². The summed E-state index contributed by atoms with van der Waals surface area (Å²) in [6, 6.07) is 6.10. The first-order valence-corrected chi connectivity index (χ1v) is 11.7. The van der Waals surface area contributed by atoms with E-state index < -0.39 is 5.60 Å². The molecule has 33 heavy (non-hydrogen) atoms. The molecule has 1 aliphatic rings. The van der Waals surface area contributed by atoms with Crippen LogP contribution in [0.5, 0.6) is 0 Å². The van der Waals surface area contributed by atoms with Crippen molar-refractivity contribution in [2.45, 2.75) is 52.2 Å². The Labute approximate surface area is 199 Å². The Bertz CT molecular complexity index is 1160. The fraction of sp³-hybridized carbons (Fsp3) is 0.440. The largest absolute Gasteiger partial charge is 0.382 e. The number of likely N-dealkylation sites (tertiary alicyclic amines) is 1. The molecule has 4 rings (SSSR count). The van der Waals surface area contributed by atoms with Crippen molar-refractivity contribution < 1.29 is 9.90 Å². The Morgan fingerprint density at radius 2 is 1.94 bits per heavy atom. The summed E-state index contributed by atoms with van der Waals surface area (Å²) < 4.78 is 0. The number of fused-ring (bicyclic) bond motifs is 1. The van der Waals surface area contributed by atoms with Crippen LogP contribution in [0, 0.1) is 5.92 Å². The van der Waals surface area contributed by atoms with Crippen molar-refractivity contribution in [3.05, 3.63) is 47.6 Å². The highest BCUT2D eigenvalue weighted by Gasteiger charge is 2.27. The molecule has 0 spiro atoms. The second kappa shape index (κ2) is 9.23. The van der Waals surface area contributed by atoms with Gasteiger partial charge in [-0.1, -0.05) is 17.7 Å². The number of pyridine rings is 1. The molecular weight excluding hydrogens is 438 g/mol. The lowest BCUT2D eigenvalue weighted by Crippen LogP contribution is -2.43. The maximum absolute atomic E-state index is 11.9. The van der Waals surface area contributed by atoms with E-state index in [-0.39, 0.29) is 11.9 Å². The van der Waals surface area contributed by atoms with Crippen LogP contribution >= 0.6 is 11.6 Å². The number of aliphatic hydroxyl groups is 1. The van der Waals surface area contributed by atoms with Crippen molar-refractivity contribution in [2.75, 3.05) is 18.4 Å². The number of anilines is 1. The number of benzene rings is 1. The predicted molar refractivity (Wildman–Crippen MR) is 131 cm³/mol. The van der Waals surface area contributed by atoms with Crippen molar-refractivity contribution in [2.24, 2.45) is 5.92 Å². The van der Waals surface area contributed by atoms with Crippen LogP contribution in [0.3, 0.4) is 0 Å². The minimum Gasteiger partial charge on any atom is -0.382 e. The molecule has 0 saturated carbocycles. The molecule has 3 heterocycles. The van der Waals surface area contributed by atoms with Crippen molar-refractivity contribution in [1.82, 2.24) is 19.9 Å². The second-order valence-electron chi connectivity index (χ2n) is 9.37. The minimum atomic E-state index is -1.09. The summed E-state index contributed by atoms with van der Waals surface area (Å²) in [5.74, 6) is 0.842. The SMILES string of the molecule is CC(=O)N1CCCC([C@@H](C)Nc2c(Cl)cnc3ccc(-c4cnc(C(C)(C)O)nc4)cc23)C1. The Kier molecular flexibility index (Phi) is 6.54. The lowest BCUT2D eigenvalue weighted by Gasteiger charge is -2.36. The van der Waals surface area contributed by atoms with Gasteiger partial charge in [-0.25, -0.2) is 9.97 Å². The Balaban J connectivity index is 1.64. The highest BCUT2D eigenvalue weighted by atomic mass is 35.5. The molecule has 0 radical (unpaired) electrons. The second-order valence-corrected chi connectivity index (χ2v) is 9.77. The number of hydrogen-bond acceptors (Lipinski definition) is 6. The van der Waals surface area contributed by atoms with Crippen LogP contribution in [0.2, 0.25) is 5.02 Å². The molecule has 2 N–H and O–H groups in total. The number of carbonyl (C=O) groups excluding carboxylic acids is 1. The van der Waals surface area contributed by atoms with Gasteiger partial charge < -0.3 is 15.3 Å². The van der Waals surface area contributed by atoms with E-state index in [1.807, 2.05) is 23.1 Å². The number of amides is 1. The van der Waals surface area contributed by atoms with E-state index in [0.29, 0.717) is 16.8 Å². The number of halogens is 1. The van der Waals surface area contributed by atoms with Gasteiger partial charge in [-0.2, -0.15) is 0 Å². The number of piperidine rings is 1. The number of nitrogens with one attached hydrogen (secondary N) is 1. The Morgan fingerprint density at radius 3 is 2.61 bits per heavy atom. The fourth-order valence-corrected chi connectivity index (χ4v) is 4.54. The first kappa shape index (κ1) is 23.4. The molecule has 1 unspecified atom stereocenters. The number of carbonyl (C=O) groups is 1. The molecule has 1 amide bonds. The van der Waals surface area contributed by atoms with Crippen molar-refractivity contribution in [1.29, 1.82) is 0 Å². The molecule has 1 aromatic carbocycles. The Hall–Kier alpha value is -2.77. The zero-order valence-corrected chi connectivity index (χ0v) is 20.2. The van der Waals surface area contributed by atoms with Crippen LogP contribution in [-0.4, -0.2) is 50.0 Å². The lowest BCUT2D eigenvalue weighted by molar-refractivity contribution is -0.130. The van der Waals surface area contributed by atoms with Gasteiger partial charge in [-0.15, -0.1) is 0 Å². The van der Waals surface area contributed by atoms with E-state index in [1.54, 1.807) is 39.4 Å². The predicted octanol–water partition coefficient (Wildman–Crippen LogP) is 4.63. The molecule has 2 aromatic heterocycles. The molecule has 3 aromatic rings. The van der Waals surface area contributed by atoms with Gasteiger partial charge in [0.15, 0.2) is 5.82 Å². The molecule has 0 bridgehead atoms. The van der Waals surface area contributed by atoms with Crippen molar-refractivity contribution >= 4 is 34.1 Å². The highest BCUT2D eigenvalue weighted by Crippen LogP contribution is 2.34. The molecule has 174 valence electrons. The highest BCUT2D eigenvalue weighted by molar-refractivity contribution is 6.34. The van der Waals surface area contributed by atoms with Gasteiger partial charge in [0.05, 0.1) is 16.2 Å². The zero-order chi connectivity index (χ0) is 23.8. The van der Waals surface area contributed by atoms with E-state index >= 15 is 0 Å². The van der Waals surface area contributed by atoms with Gasteiger partial charge in [0.1, 0.15) is 5.60 Å². The van der Waals surface area contributed by atoms with Crippen LogP contribution in [0.4, 0.5) is 5.69 Å². The summed E-state index contributed by atoms with van der Waals surface area (Å²) in [5, 5.41) is 15.2. The molecule has 1 saturated heterocycles. The number of hydrogen-bond donors (Lipinski definition) is 2. The van der Waals surface area contributed by atoms with Gasteiger partial charge >= 0.3 is 0 Å². The first-order chi connectivity index (χ1) is 15.6. The third-order valence-electron chi connectivity index (χ3n) is 6.34. The molecule has 1 fully saturated rings. The molecule has 1 aliphatic heterocycles. The van der Waals surface area contributed by atoms with Gasteiger partial charge in [0.2, 0.25) is 5.91 Å². The fourth-order valence-electron chi connectivity index (χ4n) is 4.34. The third-order valence-corrected chi connectivity index (χ3v) is 6.62. The van der Waals surface area contributed by atoms with Crippen molar-refractivity contribution in [3.8, 4) is 11.1 Å². The van der Waals surface area contributed by atoms with E-state index in [1.165, 1.54) is 0 Å². The quantitative estimate of drug-likeness (QED) is 0.568. The number of nitrogens with zero attached hydrogens (tertiary/aromatic N) is 4. The molecule has 8 heteroatoms. The molecule has 2 atom stereocenters. The minimum absolute atomic E-state index is 0.127. The summed E-state index contributed by atoms with van der Waals surface area (Å²) >= 11 is 6.59. The van der Waals surface area contributed by atoms with Crippen LogP contribution in [0.15, 0.2) is 36.8 Å². The zero-order valence-electron chi connectivity index (χ0n) is 19.5. The van der Waals surface area contributed by atoms with Gasteiger partial charge in [0.25, 0.3) is 0 Å². The lowest BCUT2D eigenvalue weighted by atomic mass is 9.91. The van der Waals surface area contributed by atoms with Crippen LogP contribution < -0.4 is 5.32 Å². The van der Waals surface area contributed by atoms with Crippen LogP contribution in [0.1, 0.15) is 46.4 Å². The smallest absolute Gasteiger partial charge is 0.219 e. The van der Waals surface area contributed by atoms with E-state index in [0.717, 1.165) is 53.6 Å². The van der Waals surface area contributed by atoms with E-state index in [4.69, 9.17) is 11.6 Å². The van der Waals surface area contributed by atoms with Crippen LogP contribution in [-0.2, 0) is 10.4 Å². The molecular formula is C25H30ClN5O2. The third kappa shape index (κ3) is 5.09. The summed E-state index contributed by atoms with van der Waals surface area (Å²) in [7, 11) is 0. The number of rotatable bonds is 5. The van der Waals surface area contributed by atoms with E-state index in [9.17, 15) is 9.90 Å². The van der Waals surface area contributed by atoms with Crippen molar-refractivity contribution in [3.63, 3.8) is 0 Å². The van der Waals surface area contributed by atoms with Crippen LogP contribution in [0.25, 0.3) is 22.0 Å². The first-order valence-electron chi connectivity index (χ1n) is 11.3. The van der Waals surface area contributed by atoms with Gasteiger partial charge in [-0.05, 0) is 57.2 Å². The molecule has 7 nitrogen and oxygen atoms in total.